The van der Waals surface area contributed by atoms with E-state index < -0.39 is 48.2 Å². The van der Waals surface area contributed by atoms with Gasteiger partial charge in [-0.2, -0.15) is 0 Å². The van der Waals surface area contributed by atoms with Crippen LogP contribution in [0, 0.1) is 17.8 Å². The predicted molar refractivity (Wildman–Crippen MR) is 169 cm³/mol. The van der Waals surface area contributed by atoms with Gasteiger partial charge < -0.3 is 29.7 Å². The average Bonchev–Trinajstić information content (AvgIpc) is 3.05. The Morgan fingerprint density at radius 2 is 1.61 bits per heavy atom. The summed E-state index contributed by atoms with van der Waals surface area (Å²) in [7, 11) is 6.07. The largest absolute Gasteiger partial charge is 0.369 e. The second kappa shape index (κ2) is 12.6. The van der Waals surface area contributed by atoms with Gasteiger partial charge in [0.25, 0.3) is 5.91 Å². The Hall–Kier alpha value is -2.99. The number of morpholine rings is 1. The molecule has 7 rings (SSSR count). The van der Waals surface area contributed by atoms with Gasteiger partial charge in [-0.15, -0.1) is 0 Å². The summed E-state index contributed by atoms with van der Waals surface area (Å²) in [5.74, 6) is -2.44. The van der Waals surface area contributed by atoms with Crippen molar-refractivity contribution in [1.82, 2.24) is 24.9 Å². The first kappa shape index (κ1) is 31.6. The zero-order valence-corrected chi connectivity index (χ0v) is 27.1. The maximum atomic E-state index is 16.2. The highest BCUT2D eigenvalue weighted by molar-refractivity contribution is 6.20. The molecule has 0 bridgehead atoms. The van der Waals surface area contributed by atoms with E-state index in [9.17, 15) is 19.2 Å². The molecule has 3 aliphatic carbocycles. The fraction of sp³-hybridized carbons (Fsp3) is 0.657. The van der Waals surface area contributed by atoms with E-state index in [-0.39, 0.29) is 41.3 Å². The smallest absolute Gasteiger partial charge is 0.259 e. The molecule has 248 valence electrons. The average molecular weight is 636 g/mol. The number of nitrogens with zero attached hydrogens (tertiary/aromatic N) is 4. The molecule has 9 atom stereocenters. The molecule has 0 aromatic heterocycles. The van der Waals surface area contributed by atoms with Crippen LogP contribution in [0.1, 0.15) is 52.8 Å². The van der Waals surface area contributed by atoms with E-state index in [2.05, 4.69) is 20.0 Å². The molecule has 4 fully saturated rings. The highest BCUT2D eigenvalue weighted by Crippen LogP contribution is 2.49. The topological polar surface area (TPSA) is 103 Å². The normalized spacial score (nSPS) is 35.7. The fourth-order valence-corrected chi connectivity index (χ4v) is 8.90. The minimum Gasteiger partial charge on any atom is -0.369 e. The number of fused-ring (bicyclic) bond motifs is 4. The van der Waals surface area contributed by atoms with Gasteiger partial charge in [0, 0.05) is 61.3 Å². The third-order valence-electron chi connectivity index (χ3n) is 11.4. The Morgan fingerprint density at radius 3 is 2.28 bits per heavy atom. The van der Waals surface area contributed by atoms with Crippen molar-refractivity contribution in [3.63, 3.8) is 0 Å². The van der Waals surface area contributed by atoms with Gasteiger partial charge in [0.05, 0.1) is 35.9 Å². The number of alkyl halides is 1. The van der Waals surface area contributed by atoms with E-state index in [1.807, 2.05) is 21.1 Å². The number of benzene rings is 1. The molecule has 1 N–H and O–H groups in total. The Morgan fingerprint density at radius 1 is 0.935 bits per heavy atom. The van der Waals surface area contributed by atoms with Crippen LogP contribution in [-0.4, -0.2) is 140 Å². The lowest BCUT2D eigenvalue weighted by atomic mass is 9.63. The van der Waals surface area contributed by atoms with Gasteiger partial charge in [0.2, 0.25) is 0 Å². The van der Waals surface area contributed by atoms with Crippen LogP contribution in [-0.2, 0) is 14.3 Å². The van der Waals surface area contributed by atoms with Gasteiger partial charge in [-0.1, -0.05) is 24.3 Å². The minimum absolute atomic E-state index is 0.0107. The summed E-state index contributed by atoms with van der Waals surface area (Å²) in [6, 6.07) is 5.63. The molecule has 1 amide bonds. The van der Waals surface area contributed by atoms with E-state index >= 15 is 4.39 Å². The molecule has 0 spiro atoms. The molecular weight excluding hydrogens is 589 g/mol. The van der Waals surface area contributed by atoms with Crippen molar-refractivity contribution in [2.24, 2.45) is 17.8 Å². The number of rotatable bonds is 7. The SMILES string of the molecule is CN(C)CCCCNC1C(F)CC2C(=O)C(C(=O)N3CCN(C)CC3)=CN3C4CC5C(=O)c6ccccc6C(=O)C5CC4OC1C23. The summed E-state index contributed by atoms with van der Waals surface area (Å²) >= 11 is 0. The van der Waals surface area contributed by atoms with Crippen LogP contribution in [0.25, 0.3) is 0 Å². The number of halogens is 1. The number of likely N-dealkylation sites (N-methyl/N-ethyl adjacent to an activating group) is 1. The standard InChI is InChI=1S/C35H46FN5O5/c1-38(2)11-7-6-10-37-29-26(36)16-24-30-34(29)46-28-18-23-22(31(42)20-8-4-5-9-21(20)32(23)43)17-27(28)41(30)19-25(33(24)44)35(45)40-14-12-39(3)13-15-40/h4-5,8-9,19,22-24,26-30,34,37H,6-7,10-18H2,1-3H3. The molecule has 6 aliphatic rings. The van der Waals surface area contributed by atoms with Crippen LogP contribution in [0.4, 0.5) is 4.39 Å². The first-order chi connectivity index (χ1) is 22.1. The number of carbonyl (C=O) groups excluding carboxylic acids is 4. The number of ether oxygens (including phenoxy) is 1. The van der Waals surface area contributed by atoms with Crippen LogP contribution in [0.2, 0.25) is 0 Å². The molecular formula is C35H46FN5O5. The number of nitrogens with one attached hydrogen (secondary N) is 1. The summed E-state index contributed by atoms with van der Waals surface area (Å²) in [5, 5.41) is 3.44. The van der Waals surface area contributed by atoms with Crippen molar-refractivity contribution in [3.8, 4) is 0 Å². The molecule has 10 nitrogen and oxygen atoms in total. The Labute approximate surface area is 270 Å². The fourth-order valence-electron chi connectivity index (χ4n) is 8.90. The van der Waals surface area contributed by atoms with Gasteiger partial charge in [0.1, 0.15) is 6.17 Å². The van der Waals surface area contributed by atoms with Crippen LogP contribution in [0.15, 0.2) is 36.0 Å². The zero-order valence-electron chi connectivity index (χ0n) is 27.1. The lowest BCUT2D eigenvalue weighted by molar-refractivity contribution is -0.203. The molecule has 1 aromatic carbocycles. The first-order valence-electron chi connectivity index (χ1n) is 17.0. The van der Waals surface area contributed by atoms with E-state index in [4.69, 9.17) is 4.74 Å². The number of unbranched alkanes of at least 4 members (excludes halogenated alkanes) is 1. The van der Waals surface area contributed by atoms with Crippen molar-refractivity contribution < 1.29 is 28.3 Å². The summed E-state index contributed by atoms with van der Waals surface area (Å²) in [5.41, 5.74) is 1.03. The number of amides is 1. The summed E-state index contributed by atoms with van der Waals surface area (Å²) < 4.78 is 23.0. The molecule has 11 heteroatoms. The minimum atomic E-state index is -1.33. The first-order valence-corrected chi connectivity index (χ1v) is 17.0. The summed E-state index contributed by atoms with van der Waals surface area (Å²) in [6.07, 6.45) is 1.88. The van der Waals surface area contributed by atoms with Crippen molar-refractivity contribution in [1.29, 1.82) is 0 Å². The molecule has 46 heavy (non-hydrogen) atoms. The van der Waals surface area contributed by atoms with Gasteiger partial charge in [-0.25, -0.2) is 4.39 Å². The van der Waals surface area contributed by atoms with E-state index in [1.165, 1.54) is 0 Å². The Kier molecular flexibility index (Phi) is 8.63. The van der Waals surface area contributed by atoms with Crippen LogP contribution < -0.4 is 5.32 Å². The van der Waals surface area contributed by atoms with Crippen LogP contribution in [0.5, 0.6) is 0 Å². The maximum Gasteiger partial charge on any atom is 0.259 e. The third kappa shape index (κ3) is 5.42. The molecule has 2 saturated carbocycles. The number of carbonyl (C=O) groups is 4. The van der Waals surface area contributed by atoms with Gasteiger partial charge >= 0.3 is 0 Å². The lowest BCUT2D eigenvalue weighted by Crippen LogP contribution is -2.73. The molecule has 3 heterocycles. The molecule has 0 radical (unpaired) electrons. The second-order valence-electron chi connectivity index (χ2n) is 14.5. The van der Waals surface area contributed by atoms with E-state index in [0.29, 0.717) is 43.6 Å². The van der Waals surface area contributed by atoms with Gasteiger partial charge in [0.15, 0.2) is 17.3 Å². The maximum absolute atomic E-state index is 16.2. The van der Waals surface area contributed by atoms with Crippen molar-refractivity contribution in [2.75, 3.05) is 60.4 Å². The molecule has 9 unspecified atom stereocenters. The van der Waals surface area contributed by atoms with Crippen LogP contribution >= 0.6 is 0 Å². The Bertz CT molecular complexity index is 1430. The Balaban J connectivity index is 1.22. The highest BCUT2D eigenvalue weighted by atomic mass is 19.1. The van der Waals surface area contributed by atoms with Crippen molar-refractivity contribution in [3.05, 3.63) is 47.2 Å². The zero-order chi connectivity index (χ0) is 32.3. The van der Waals surface area contributed by atoms with Gasteiger partial charge in [-0.05, 0) is 66.3 Å². The van der Waals surface area contributed by atoms with E-state index in [1.54, 1.807) is 35.4 Å². The van der Waals surface area contributed by atoms with Crippen LogP contribution in [0.3, 0.4) is 0 Å². The second-order valence-corrected chi connectivity index (χ2v) is 14.5. The molecule has 1 aromatic rings. The predicted octanol–water partition coefficient (Wildman–Crippen LogP) is 1.80. The van der Waals surface area contributed by atoms with E-state index in [0.717, 1.165) is 32.5 Å². The van der Waals surface area contributed by atoms with Crippen molar-refractivity contribution >= 4 is 23.3 Å². The number of piperazine rings is 1. The summed E-state index contributed by atoms with van der Waals surface area (Å²) in [4.78, 5) is 63.5. The van der Waals surface area contributed by atoms with Crippen molar-refractivity contribution in [2.45, 2.75) is 68.6 Å². The highest BCUT2D eigenvalue weighted by Gasteiger charge is 2.61. The molecule has 3 aliphatic heterocycles. The monoisotopic (exact) mass is 635 g/mol. The van der Waals surface area contributed by atoms with Gasteiger partial charge in [-0.3, -0.25) is 19.2 Å². The quantitative estimate of drug-likeness (QED) is 0.355. The third-order valence-corrected chi connectivity index (χ3v) is 11.4. The molecule has 2 saturated heterocycles. The number of ketones is 3. The lowest BCUT2D eigenvalue weighted by Gasteiger charge is -2.60. The number of hydrogen-bond acceptors (Lipinski definition) is 9. The summed E-state index contributed by atoms with van der Waals surface area (Å²) in [6.45, 7) is 4.05. The number of Topliss-reactive ketones (excluding diaryl/α,β-unsaturated/α-hetero) is 3. The number of hydrogen-bond donors (Lipinski definition) is 1.